The molecule has 6 heteroatoms. The lowest BCUT2D eigenvalue weighted by atomic mass is 10.5. The fourth-order valence-electron chi connectivity index (χ4n) is 0.858. The van der Waals surface area contributed by atoms with Gasteiger partial charge in [0.25, 0.3) is 5.22 Å². The monoisotopic (exact) mass is 240 g/mol. The summed E-state index contributed by atoms with van der Waals surface area (Å²) in [6.45, 7) is 3.79. The van der Waals surface area contributed by atoms with E-state index in [1.165, 1.54) is 11.8 Å². The molecule has 0 bridgehead atoms. The van der Waals surface area contributed by atoms with Gasteiger partial charge >= 0.3 is 11.9 Å². The van der Waals surface area contributed by atoms with Crippen LogP contribution in [-0.2, 0) is 4.74 Å². The van der Waals surface area contributed by atoms with Gasteiger partial charge in [0.2, 0.25) is 0 Å². The van der Waals surface area contributed by atoms with Crippen molar-refractivity contribution in [2.45, 2.75) is 25.5 Å². The van der Waals surface area contributed by atoms with E-state index >= 15 is 0 Å². The van der Waals surface area contributed by atoms with E-state index in [0.717, 1.165) is 12.2 Å². The van der Waals surface area contributed by atoms with Crippen molar-refractivity contribution >= 4 is 17.7 Å². The molecule has 0 unspecified atom stereocenters. The molecule has 0 aromatic carbocycles. The van der Waals surface area contributed by atoms with E-state index in [1.807, 2.05) is 0 Å². The molecule has 1 rings (SSSR count). The predicted octanol–water partition coefficient (Wildman–Crippen LogP) is 1.75. The number of hydrogen-bond donors (Lipinski definition) is 0. The van der Waals surface area contributed by atoms with Crippen molar-refractivity contribution in [3.05, 3.63) is 5.89 Å². The Hall–Kier alpha value is -1.48. The lowest BCUT2D eigenvalue weighted by Crippen LogP contribution is -2.04. The van der Waals surface area contributed by atoms with Crippen LogP contribution >= 0.6 is 11.8 Å². The highest BCUT2D eigenvalue weighted by atomic mass is 32.2. The maximum absolute atomic E-state index is 11.2. The fourth-order valence-corrected chi connectivity index (χ4v) is 1.47. The lowest BCUT2D eigenvalue weighted by Gasteiger charge is -1.94. The van der Waals surface area contributed by atoms with Gasteiger partial charge in [-0.05, 0) is 13.8 Å². The van der Waals surface area contributed by atoms with Crippen molar-refractivity contribution < 1.29 is 13.9 Å². The second kappa shape index (κ2) is 6.90. The third-order valence-electron chi connectivity index (χ3n) is 1.49. The maximum Gasteiger partial charge on any atom is 0.396 e. The standard InChI is InChI=1S/C10H12N2O3S/c1-3-5-6-7-16-10-12-11-8(15-10)9(13)14-4-2/h4,6-7H2,1-2H3. The van der Waals surface area contributed by atoms with Gasteiger partial charge in [-0.1, -0.05) is 16.9 Å². The summed E-state index contributed by atoms with van der Waals surface area (Å²) < 4.78 is 9.81. The summed E-state index contributed by atoms with van der Waals surface area (Å²) >= 11 is 1.37. The zero-order valence-corrected chi connectivity index (χ0v) is 9.97. The van der Waals surface area contributed by atoms with E-state index in [1.54, 1.807) is 13.8 Å². The van der Waals surface area contributed by atoms with Gasteiger partial charge < -0.3 is 9.15 Å². The number of nitrogens with zero attached hydrogens (tertiary/aromatic N) is 2. The van der Waals surface area contributed by atoms with E-state index in [9.17, 15) is 4.79 Å². The van der Waals surface area contributed by atoms with Crippen molar-refractivity contribution in [3.63, 3.8) is 0 Å². The highest BCUT2D eigenvalue weighted by Crippen LogP contribution is 2.16. The molecule has 16 heavy (non-hydrogen) atoms. The van der Waals surface area contributed by atoms with Crippen LogP contribution in [0.15, 0.2) is 9.64 Å². The number of rotatable bonds is 5. The van der Waals surface area contributed by atoms with E-state index in [4.69, 9.17) is 9.15 Å². The van der Waals surface area contributed by atoms with Crippen LogP contribution in [0.25, 0.3) is 0 Å². The topological polar surface area (TPSA) is 65.2 Å². The van der Waals surface area contributed by atoms with Crippen LogP contribution in [0.5, 0.6) is 0 Å². The van der Waals surface area contributed by atoms with Crippen LogP contribution in [-0.4, -0.2) is 28.5 Å². The summed E-state index contributed by atoms with van der Waals surface area (Å²) in [4.78, 5) is 11.2. The number of carbonyl (C=O) groups is 1. The molecular weight excluding hydrogens is 228 g/mol. The minimum atomic E-state index is -0.588. The molecule has 0 aliphatic rings. The summed E-state index contributed by atoms with van der Waals surface area (Å²) in [6.07, 6.45) is 0.748. The molecule has 0 saturated carbocycles. The number of esters is 1. The fraction of sp³-hybridized carbons (Fsp3) is 0.500. The maximum atomic E-state index is 11.2. The van der Waals surface area contributed by atoms with Crippen molar-refractivity contribution in [1.29, 1.82) is 0 Å². The van der Waals surface area contributed by atoms with Gasteiger partial charge in [-0.3, -0.25) is 0 Å². The molecule has 0 saturated heterocycles. The SMILES string of the molecule is CC#CCCSc1nnc(C(=O)OCC)o1. The molecule has 0 atom stereocenters. The molecular formula is C10H12N2O3S. The van der Waals surface area contributed by atoms with Crippen LogP contribution in [0, 0.1) is 11.8 Å². The van der Waals surface area contributed by atoms with Gasteiger partial charge in [0, 0.05) is 12.2 Å². The van der Waals surface area contributed by atoms with Gasteiger partial charge in [-0.25, -0.2) is 4.79 Å². The van der Waals surface area contributed by atoms with Crippen LogP contribution in [0.1, 0.15) is 31.0 Å². The summed E-state index contributed by atoms with van der Waals surface area (Å²) in [5.74, 6) is 5.77. The molecule has 0 aliphatic carbocycles. The first-order chi connectivity index (χ1) is 7.77. The Morgan fingerprint density at radius 3 is 3.06 bits per heavy atom. The van der Waals surface area contributed by atoms with E-state index in [2.05, 4.69) is 22.0 Å². The predicted molar refractivity (Wildman–Crippen MR) is 59.0 cm³/mol. The molecule has 5 nitrogen and oxygen atoms in total. The summed E-state index contributed by atoms with van der Waals surface area (Å²) in [5, 5.41) is 7.66. The van der Waals surface area contributed by atoms with Crippen molar-refractivity contribution in [3.8, 4) is 11.8 Å². The third-order valence-corrected chi connectivity index (χ3v) is 2.31. The minimum absolute atomic E-state index is 0.106. The Bertz CT molecular complexity index is 406. The molecule has 1 heterocycles. The molecule has 0 amide bonds. The molecule has 1 aromatic heterocycles. The molecule has 0 N–H and O–H groups in total. The second-order valence-electron chi connectivity index (χ2n) is 2.62. The average Bonchev–Trinajstić information content (AvgIpc) is 2.73. The Balaban J connectivity index is 2.44. The smallest absolute Gasteiger partial charge is 0.396 e. The number of aromatic nitrogens is 2. The molecule has 86 valence electrons. The zero-order chi connectivity index (χ0) is 11.8. The van der Waals surface area contributed by atoms with Gasteiger partial charge in [-0.15, -0.1) is 16.9 Å². The molecule has 0 aliphatic heterocycles. The molecule has 1 aromatic rings. The molecule has 0 radical (unpaired) electrons. The molecule has 0 fully saturated rings. The number of ether oxygens (including phenoxy) is 1. The molecule has 0 spiro atoms. The third kappa shape index (κ3) is 3.95. The highest BCUT2D eigenvalue weighted by molar-refractivity contribution is 7.99. The summed E-state index contributed by atoms with van der Waals surface area (Å²) in [7, 11) is 0. The van der Waals surface area contributed by atoms with E-state index in [0.29, 0.717) is 5.22 Å². The normalized spacial score (nSPS) is 9.38. The van der Waals surface area contributed by atoms with Crippen molar-refractivity contribution in [1.82, 2.24) is 10.2 Å². The average molecular weight is 240 g/mol. The Kier molecular flexibility index (Phi) is 5.43. The van der Waals surface area contributed by atoms with Crippen LogP contribution in [0.2, 0.25) is 0 Å². The van der Waals surface area contributed by atoms with Gasteiger partial charge in [0.1, 0.15) is 0 Å². The Morgan fingerprint density at radius 1 is 1.56 bits per heavy atom. The van der Waals surface area contributed by atoms with Crippen LogP contribution < -0.4 is 0 Å². The first-order valence-electron chi connectivity index (χ1n) is 4.81. The van der Waals surface area contributed by atoms with E-state index < -0.39 is 5.97 Å². The summed E-state index contributed by atoms with van der Waals surface area (Å²) in [5.41, 5.74) is 0. The number of hydrogen-bond acceptors (Lipinski definition) is 6. The van der Waals surface area contributed by atoms with Crippen LogP contribution in [0.3, 0.4) is 0 Å². The quantitative estimate of drug-likeness (QED) is 0.338. The first kappa shape index (κ1) is 12.6. The van der Waals surface area contributed by atoms with Crippen LogP contribution in [0.4, 0.5) is 0 Å². The van der Waals surface area contributed by atoms with Gasteiger partial charge in [0.15, 0.2) is 0 Å². The Labute approximate surface area is 98.0 Å². The van der Waals surface area contributed by atoms with Gasteiger partial charge in [0.05, 0.1) is 6.61 Å². The lowest BCUT2D eigenvalue weighted by molar-refractivity contribution is 0.0475. The number of thioether (sulfide) groups is 1. The van der Waals surface area contributed by atoms with Crippen molar-refractivity contribution in [2.75, 3.05) is 12.4 Å². The summed E-state index contributed by atoms with van der Waals surface area (Å²) in [6, 6.07) is 0. The number of carbonyl (C=O) groups excluding carboxylic acids is 1. The minimum Gasteiger partial charge on any atom is -0.459 e. The largest absolute Gasteiger partial charge is 0.459 e. The van der Waals surface area contributed by atoms with Gasteiger partial charge in [-0.2, -0.15) is 0 Å². The first-order valence-corrected chi connectivity index (χ1v) is 5.79. The Morgan fingerprint density at radius 2 is 2.38 bits per heavy atom. The van der Waals surface area contributed by atoms with Crippen molar-refractivity contribution in [2.24, 2.45) is 0 Å². The highest BCUT2D eigenvalue weighted by Gasteiger charge is 2.15. The second-order valence-corrected chi connectivity index (χ2v) is 3.66. The zero-order valence-electron chi connectivity index (χ0n) is 9.15. The van der Waals surface area contributed by atoms with E-state index in [-0.39, 0.29) is 12.5 Å².